The fourth-order valence-corrected chi connectivity index (χ4v) is 2.61. The van der Waals surface area contributed by atoms with Gasteiger partial charge < -0.3 is 19.9 Å². The molecule has 26 heavy (non-hydrogen) atoms. The van der Waals surface area contributed by atoms with Gasteiger partial charge in [0.15, 0.2) is 6.61 Å². The van der Waals surface area contributed by atoms with Crippen molar-refractivity contribution >= 4 is 29.2 Å². The van der Waals surface area contributed by atoms with Crippen LogP contribution in [0.15, 0.2) is 36.4 Å². The number of amides is 1. The first-order chi connectivity index (χ1) is 12.3. The molecule has 0 radical (unpaired) electrons. The number of aromatic carboxylic acids is 1. The van der Waals surface area contributed by atoms with Crippen molar-refractivity contribution in [2.75, 3.05) is 19.0 Å². The van der Waals surface area contributed by atoms with Gasteiger partial charge in [-0.3, -0.25) is 4.79 Å². The number of hydrogen-bond acceptors (Lipinski definition) is 4. The van der Waals surface area contributed by atoms with E-state index >= 15 is 0 Å². The predicted octanol–water partition coefficient (Wildman–Crippen LogP) is 4.19. The number of para-hydroxylation sites is 1. The molecule has 1 amide bonds. The normalized spacial score (nSPS) is 10.5. The van der Waals surface area contributed by atoms with Crippen molar-refractivity contribution in [2.45, 2.75) is 19.8 Å². The predicted molar refractivity (Wildman–Crippen MR) is 99.6 cm³/mol. The minimum atomic E-state index is -1.17. The van der Waals surface area contributed by atoms with E-state index in [9.17, 15) is 9.59 Å². The number of carbonyl (C=O) groups is 2. The van der Waals surface area contributed by atoms with Crippen LogP contribution in [0.2, 0.25) is 5.02 Å². The summed E-state index contributed by atoms with van der Waals surface area (Å²) in [6, 6.07) is 10.1. The maximum atomic E-state index is 12.2. The van der Waals surface area contributed by atoms with Crippen LogP contribution in [0, 0.1) is 0 Å². The van der Waals surface area contributed by atoms with Crippen molar-refractivity contribution < 1.29 is 24.2 Å². The summed E-state index contributed by atoms with van der Waals surface area (Å²) >= 11 is 6.06. The number of carboxylic acids is 1. The summed E-state index contributed by atoms with van der Waals surface area (Å²) in [5, 5.41) is 11.8. The van der Waals surface area contributed by atoms with Gasteiger partial charge in [0.2, 0.25) is 0 Å². The second-order valence-electron chi connectivity index (χ2n) is 5.87. The molecule has 6 nitrogen and oxygen atoms in total. The first kappa shape index (κ1) is 19.6. The van der Waals surface area contributed by atoms with E-state index in [1.807, 2.05) is 32.0 Å². The molecule has 0 spiro atoms. The minimum absolute atomic E-state index is 0.0855. The van der Waals surface area contributed by atoms with Gasteiger partial charge in [-0.25, -0.2) is 4.79 Å². The Morgan fingerprint density at radius 1 is 1.19 bits per heavy atom. The number of carbonyl (C=O) groups excluding carboxylic acids is 1. The van der Waals surface area contributed by atoms with Crippen molar-refractivity contribution in [3.05, 3.63) is 52.5 Å². The van der Waals surface area contributed by atoms with E-state index in [0.717, 1.165) is 5.56 Å². The van der Waals surface area contributed by atoms with Crippen LogP contribution < -0.4 is 14.8 Å². The van der Waals surface area contributed by atoms with Crippen LogP contribution in [0.1, 0.15) is 35.7 Å². The third-order valence-electron chi connectivity index (χ3n) is 3.69. The van der Waals surface area contributed by atoms with Crippen LogP contribution in [0.4, 0.5) is 5.69 Å². The van der Waals surface area contributed by atoms with E-state index in [1.165, 1.54) is 19.2 Å². The molecule has 0 aromatic heterocycles. The average Bonchev–Trinajstić information content (AvgIpc) is 2.61. The minimum Gasteiger partial charge on any atom is -0.496 e. The second-order valence-corrected chi connectivity index (χ2v) is 6.27. The number of benzene rings is 2. The molecule has 2 aromatic rings. The molecule has 0 bridgehead atoms. The molecule has 0 fully saturated rings. The van der Waals surface area contributed by atoms with Crippen molar-refractivity contribution in [3.8, 4) is 11.5 Å². The number of ether oxygens (including phenoxy) is 2. The number of nitrogens with one attached hydrogen (secondary N) is 1. The zero-order valence-electron chi connectivity index (χ0n) is 14.7. The average molecular weight is 378 g/mol. The maximum absolute atomic E-state index is 12.2. The van der Waals surface area contributed by atoms with Crippen LogP contribution in [0.5, 0.6) is 11.5 Å². The Hall–Kier alpha value is -2.73. The quantitative estimate of drug-likeness (QED) is 0.755. The Balaban J connectivity index is 2.10. The smallest absolute Gasteiger partial charge is 0.339 e. The fraction of sp³-hybridized carbons (Fsp3) is 0.263. The zero-order chi connectivity index (χ0) is 19.3. The highest BCUT2D eigenvalue weighted by atomic mass is 35.5. The molecule has 0 unspecified atom stereocenters. The lowest BCUT2D eigenvalue weighted by molar-refractivity contribution is -0.118. The van der Waals surface area contributed by atoms with Gasteiger partial charge in [-0.2, -0.15) is 0 Å². The molecule has 0 atom stereocenters. The number of methoxy groups -OCH3 is 1. The molecule has 0 saturated carbocycles. The van der Waals surface area contributed by atoms with Gasteiger partial charge in [0.1, 0.15) is 17.1 Å². The molecule has 0 aliphatic carbocycles. The molecule has 2 N–H and O–H groups in total. The molecule has 2 aromatic carbocycles. The second kappa shape index (κ2) is 8.58. The molecule has 0 saturated heterocycles. The third kappa shape index (κ3) is 4.67. The van der Waals surface area contributed by atoms with Gasteiger partial charge in [0.25, 0.3) is 5.91 Å². The van der Waals surface area contributed by atoms with Crippen molar-refractivity contribution in [1.82, 2.24) is 0 Å². The number of anilines is 1. The number of carboxylic acid groups (broad SMARTS) is 1. The van der Waals surface area contributed by atoms with Crippen molar-refractivity contribution in [1.29, 1.82) is 0 Å². The standard InChI is InChI=1S/C19H20ClNO5/c1-11(2)12-6-4-5-7-16(12)26-10-18(22)21-15-9-17(25-3)13(19(23)24)8-14(15)20/h4-9,11H,10H2,1-3H3,(H,21,22)(H,23,24). The molecule has 0 aliphatic heterocycles. The Labute approximate surface area is 156 Å². The van der Waals surface area contributed by atoms with Gasteiger partial charge in [-0.1, -0.05) is 43.6 Å². The van der Waals surface area contributed by atoms with E-state index in [-0.39, 0.29) is 34.5 Å². The Morgan fingerprint density at radius 3 is 2.50 bits per heavy atom. The van der Waals surface area contributed by atoms with E-state index in [4.69, 9.17) is 26.2 Å². The van der Waals surface area contributed by atoms with Gasteiger partial charge in [0.05, 0.1) is 17.8 Å². The first-order valence-electron chi connectivity index (χ1n) is 7.95. The fourth-order valence-electron chi connectivity index (χ4n) is 2.40. The van der Waals surface area contributed by atoms with Gasteiger partial charge in [0, 0.05) is 6.07 Å². The number of hydrogen-bond donors (Lipinski definition) is 2. The summed E-state index contributed by atoms with van der Waals surface area (Å²) in [5.74, 6) is -0.590. The molecular weight excluding hydrogens is 358 g/mol. The van der Waals surface area contributed by atoms with Gasteiger partial charge in [-0.15, -0.1) is 0 Å². The summed E-state index contributed by atoms with van der Waals surface area (Å²) < 4.78 is 10.6. The van der Waals surface area contributed by atoms with Crippen LogP contribution in [0.25, 0.3) is 0 Å². The highest BCUT2D eigenvalue weighted by Crippen LogP contribution is 2.31. The van der Waals surface area contributed by atoms with Gasteiger partial charge in [-0.05, 0) is 23.6 Å². The summed E-state index contributed by atoms with van der Waals surface area (Å²) in [6.07, 6.45) is 0. The topological polar surface area (TPSA) is 84.9 Å². The monoisotopic (exact) mass is 377 g/mol. The largest absolute Gasteiger partial charge is 0.496 e. The first-order valence-corrected chi connectivity index (χ1v) is 8.33. The third-order valence-corrected chi connectivity index (χ3v) is 4.01. The molecule has 7 heteroatoms. The summed E-state index contributed by atoms with van der Waals surface area (Å²) in [7, 11) is 1.34. The lowest BCUT2D eigenvalue weighted by atomic mass is 10.0. The Morgan fingerprint density at radius 2 is 1.88 bits per heavy atom. The number of rotatable bonds is 7. The highest BCUT2D eigenvalue weighted by Gasteiger charge is 2.17. The van der Waals surface area contributed by atoms with Crippen molar-refractivity contribution in [3.63, 3.8) is 0 Å². The van der Waals surface area contributed by atoms with E-state index in [1.54, 1.807) is 6.07 Å². The van der Waals surface area contributed by atoms with Crippen LogP contribution >= 0.6 is 11.6 Å². The Kier molecular flexibility index (Phi) is 6.46. The maximum Gasteiger partial charge on any atom is 0.339 e. The summed E-state index contributed by atoms with van der Waals surface area (Å²) in [4.78, 5) is 23.4. The van der Waals surface area contributed by atoms with Crippen molar-refractivity contribution in [2.24, 2.45) is 0 Å². The van der Waals surface area contributed by atoms with Gasteiger partial charge >= 0.3 is 5.97 Å². The van der Waals surface area contributed by atoms with Crippen LogP contribution in [-0.4, -0.2) is 30.7 Å². The van der Waals surface area contributed by atoms with Crippen LogP contribution in [0.3, 0.4) is 0 Å². The SMILES string of the molecule is COc1cc(NC(=O)COc2ccccc2C(C)C)c(Cl)cc1C(=O)O. The molecule has 138 valence electrons. The summed E-state index contributed by atoms with van der Waals surface area (Å²) in [5.41, 5.74) is 1.17. The molecule has 0 heterocycles. The van der Waals surface area contributed by atoms with E-state index in [0.29, 0.717) is 5.75 Å². The summed E-state index contributed by atoms with van der Waals surface area (Å²) in [6.45, 7) is 3.87. The molecule has 2 rings (SSSR count). The molecular formula is C19H20ClNO5. The molecule has 0 aliphatic rings. The zero-order valence-corrected chi connectivity index (χ0v) is 15.5. The lowest BCUT2D eigenvalue weighted by Crippen LogP contribution is -2.21. The van der Waals surface area contributed by atoms with E-state index in [2.05, 4.69) is 5.32 Å². The highest BCUT2D eigenvalue weighted by molar-refractivity contribution is 6.34. The van der Waals surface area contributed by atoms with E-state index < -0.39 is 11.9 Å². The lowest BCUT2D eigenvalue weighted by Gasteiger charge is -2.14. The number of halogens is 1. The van der Waals surface area contributed by atoms with Crippen LogP contribution in [-0.2, 0) is 4.79 Å². The Bertz CT molecular complexity index is 820.